The van der Waals surface area contributed by atoms with Gasteiger partial charge in [0.05, 0.1) is 6.04 Å². The number of carbonyl (C=O) groups is 1. The summed E-state index contributed by atoms with van der Waals surface area (Å²) in [5.41, 5.74) is 0. The van der Waals surface area contributed by atoms with Crippen LogP contribution in [0.4, 0.5) is 0 Å². The van der Waals surface area contributed by atoms with Gasteiger partial charge in [0.25, 0.3) is 0 Å². The molecule has 1 saturated heterocycles. The first-order valence-electron chi connectivity index (χ1n) is 5.77. The lowest BCUT2D eigenvalue weighted by Crippen LogP contribution is -2.44. The molecule has 1 amide bonds. The number of carbonyl (C=O) groups excluding carboxylic acids is 1. The fourth-order valence-electron chi connectivity index (χ4n) is 1.92. The van der Waals surface area contributed by atoms with Crippen molar-refractivity contribution >= 4 is 5.91 Å². The molecule has 0 radical (unpaired) electrons. The molecule has 15 heavy (non-hydrogen) atoms. The van der Waals surface area contributed by atoms with Crippen molar-refractivity contribution in [1.29, 1.82) is 0 Å². The van der Waals surface area contributed by atoms with Gasteiger partial charge in [0.1, 0.15) is 0 Å². The van der Waals surface area contributed by atoms with Gasteiger partial charge in [-0.25, -0.2) is 0 Å². The van der Waals surface area contributed by atoms with Crippen LogP contribution in [-0.2, 0) is 4.79 Å². The lowest BCUT2D eigenvalue weighted by atomic mass is 9.97. The number of piperidine rings is 1. The lowest BCUT2D eigenvalue weighted by molar-refractivity contribution is -0.122. The molecule has 0 aromatic heterocycles. The maximum absolute atomic E-state index is 11.3. The SMILES string of the molecule is CNC(=O)C(C)NCC1CCN(C)CC1. The van der Waals surface area contributed by atoms with Crippen LogP contribution in [-0.4, -0.2) is 50.6 Å². The van der Waals surface area contributed by atoms with E-state index in [2.05, 4.69) is 22.6 Å². The predicted molar refractivity (Wildman–Crippen MR) is 61.8 cm³/mol. The highest BCUT2D eigenvalue weighted by Gasteiger charge is 2.18. The van der Waals surface area contributed by atoms with Gasteiger partial charge in [-0.15, -0.1) is 0 Å². The first-order valence-corrected chi connectivity index (χ1v) is 5.77. The normalized spacial score (nSPS) is 21.3. The fraction of sp³-hybridized carbons (Fsp3) is 0.909. The average Bonchev–Trinajstić information content (AvgIpc) is 2.26. The van der Waals surface area contributed by atoms with E-state index >= 15 is 0 Å². The molecule has 1 aliphatic heterocycles. The van der Waals surface area contributed by atoms with Gasteiger partial charge < -0.3 is 15.5 Å². The summed E-state index contributed by atoms with van der Waals surface area (Å²) in [5.74, 6) is 0.802. The van der Waals surface area contributed by atoms with E-state index in [0.717, 1.165) is 12.5 Å². The standard InChI is InChI=1S/C11H23N3O/c1-9(11(15)12-2)13-8-10-4-6-14(3)7-5-10/h9-10,13H,4-8H2,1-3H3,(H,12,15). The van der Waals surface area contributed by atoms with Crippen molar-refractivity contribution in [2.24, 2.45) is 5.92 Å². The number of likely N-dealkylation sites (tertiary alicyclic amines) is 1. The summed E-state index contributed by atoms with van der Waals surface area (Å²) in [4.78, 5) is 13.6. The topological polar surface area (TPSA) is 44.4 Å². The zero-order valence-corrected chi connectivity index (χ0v) is 10.0. The van der Waals surface area contributed by atoms with E-state index < -0.39 is 0 Å². The number of hydrogen-bond donors (Lipinski definition) is 2. The van der Waals surface area contributed by atoms with Gasteiger partial charge in [-0.1, -0.05) is 0 Å². The zero-order chi connectivity index (χ0) is 11.3. The summed E-state index contributed by atoms with van der Waals surface area (Å²) in [6.45, 7) is 5.23. The second kappa shape index (κ2) is 6.08. The molecular formula is C11H23N3O. The van der Waals surface area contributed by atoms with E-state index in [-0.39, 0.29) is 11.9 Å². The number of nitrogens with zero attached hydrogens (tertiary/aromatic N) is 1. The molecule has 1 rings (SSSR count). The largest absolute Gasteiger partial charge is 0.358 e. The molecule has 1 heterocycles. The highest BCUT2D eigenvalue weighted by Crippen LogP contribution is 2.14. The molecule has 4 nitrogen and oxygen atoms in total. The smallest absolute Gasteiger partial charge is 0.236 e. The van der Waals surface area contributed by atoms with E-state index in [1.54, 1.807) is 7.05 Å². The minimum atomic E-state index is -0.0744. The highest BCUT2D eigenvalue weighted by atomic mass is 16.2. The molecule has 0 bridgehead atoms. The molecule has 2 N–H and O–H groups in total. The number of amides is 1. The number of likely N-dealkylation sites (N-methyl/N-ethyl adjacent to an activating group) is 1. The lowest BCUT2D eigenvalue weighted by Gasteiger charge is -2.29. The van der Waals surface area contributed by atoms with Gasteiger partial charge in [0.2, 0.25) is 5.91 Å². The molecule has 1 unspecified atom stereocenters. The van der Waals surface area contributed by atoms with Gasteiger partial charge in [-0.3, -0.25) is 4.79 Å². The second-order valence-corrected chi connectivity index (χ2v) is 4.49. The summed E-state index contributed by atoms with van der Waals surface area (Å²) >= 11 is 0. The minimum absolute atomic E-state index is 0.0722. The average molecular weight is 213 g/mol. The molecule has 88 valence electrons. The van der Waals surface area contributed by atoms with Crippen molar-refractivity contribution in [2.75, 3.05) is 33.7 Å². The molecule has 1 atom stereocenters. The van der Waals surface area contributed by atoms with Crippen LogP contribution >= 0.6 is 0 Å². The maximum Gasteiger partial charge on any atom is 0.236 e. The van der Waals surface area contributed by atoms with Gasteiger partial charge >= 0.3 is 0 Å². The third-order valence-corrected chi connectivity index (χ3v) is 3.19. The molecule has 1 aliphatic rings. The van der Waals surface area contributed by atoms with Crippen LogP contribution in [0.3, 0.4) is 0 Å². The highest BCUT2D eigenvalue weighted by molar-refractivity contribution is 5.80. The maximum atomic E-state index is 11.3. The Hall–Kier alpha value is -0.610. The molecule has 0 saturated carbocycles. The number of hydrogen-bond acceptors (Lipinski definition) is 3. The van der Waals surface area contributed by atoms with Crippen molar-refractivity contribution in [1.82, 2.24) is 15.5 Å². The monoisotopic (exact) mass is 213 g/mol. The zero-order valence-electron chi connectivity index (χ0n) is 10.0. The number of rotatable bonds is 4. The van der Waals surface area contributed by atoms with Crippen molar-refractivity contribution in [2.45, 2.75) is 25.8 Å². The molecule has 0 aliphatic carbocycles. The molecule has 0 spiro atoms. The quantitative estimate of drug-likeness (QED) is 0.694. The summed E-state index contributed by atoms with van der Waals surface area (Å²) in [6.07, 6.45) is 2.48. The van der Waals surface area contributed by atoms with E-state index in [9.17, 15) is 4.79 Å². The van der Waals surface area contributed by atoms with Crippen LogP contribution in [0.15, 0.2) is 0 Å². The molecule has 0 aromatic rings. The molecular weight excluding hydrogens is 190 g/mol. The van der Waals surface area contributed by atoms with Crippen molar-refractivity contribution in [3.05, 3.63) is 0 Å². The summed E-state index contributed by atoms with van der Waals surface area (Å²) in [5, 5.41) is 5.94. The van der Waals surface area contributed by atoms with Crippen molar-refractivity contribution in [3.8, 4) is 0 Å². The van der Waals surface area contributed by atoms with Crippen molar-refractivity contribution in [3.63, 3.8) is 0 Å². The van der Waals surface area contributed by atoms with Crippen LogP contribution in [0.1, 0.15) is 19.8 Å². The summed E-state index contributed by atoms with van der Waals surface area (Å²) < 4.78 is 0. The first kappa shape index (κ1) is 12.5. The Kier molecular flexibility index (Phi) is 5.05. The third kappa shape index (κ3) is 4.18. The third-order valence-electron chi connectivity index (χ3n) is 3.19. The Morgan fingerprint density at radius 1 is 1.47 bits per heavy atom. The molecule has 4 heteroatoms. The van der Waals surface area contributed by atoms with Gasteiger partial charge in [0, 0.05) is 7.05 Å². The Labute approximate surface area is 92.4 Å². The Morgan fingerprint density at radius 2 is 2.07 bits per heavy atom. The van der Waals surface area contributed by atoms with E-state index in [1.807, 2.05) is 6.92 Å². The van der Waals surface area contributed by atoms with Gasteiger partial charge in [-0.2, -0.15) is 0 Å². The molecule has 0 aromatic carbocycles. The first-order chi connectivity index (χ1) is 7.13. The van der Waals surface area contributed by atoms with Crippen LogP contribution in [0.2, 0.25) is 0 Å². The Balaban J connectivity index is 2.17. The van der Waals surface area contributed by atoms with Crippen molar-refractivity contribution < 1.29 is 4.79 Å². The van der Waals surface area contributed by atoms with E-state index in [4.69, 9.17) is 0 Å². The van der Waals surface area contributed by atoms with Crippen LogP contribution in [0, 0.1) is 5.92 Å². The van der Waals surface area contributed by atoms with Crippen LogP contribution in [0.25, 0.3) is 0 Å². The van der Waals surface area contributed by atoms with Gasteiger partial charge in [-0.05, 0) is 52.4 Å². The summed E-state index contributed by atoms with van der Waals surface area (Å²) in [7, 11) is 3.84. The van der Waals surface area contributed by atoms with Crippen LogP contribution in [0.5, 0.6) is 0 Å². The summed E-state index contributed by atoms with van der Waals surface area (Å²) in [6, 6.07) is -0.0744. The Morgan fingerprint density at radius 3 is 2.60 bits per heavy atom. The predicted octanol–water partition coefficient (Wildman–Crippen LogP) is 0.0523. The minimum Gasteiger partial charge on any atom is -0.358 e. The fourth-order valence-corrected chi connectivity index (χ4v) is 1.92. The van der Waals surface area contributed by atoms with E-state index in [0.29, 0.717) is 0 Å². The number of nitrogens with one attached hydrogen (secondary N) is 2. The Bertz CT molecular complexity index is 200. The molecule has 1 fully saturated rings. The van der Waals surface area contributed by atoms with Crippen LogP contribution < -0.4 is 10.6 Å². The van der Waals surface area contributed by atoms with Gasteiger partial charge in [0.15, 0.2) is 0 Å². The second-order valence-electron chi connectivity index (χ2n) is 4.49. The van der Waals surface area contributed by atoms with E-state index in [1.165, 1.54) is 25.9 Å².